The summed E-state index contributed by atoms with van der Waals surface area (Å²) in [5.41, 5.74) is 0. The number of hydrogen-bond acceptors (Lipinski definition) is 3. The Labute approximate surface area is 89.9 Å². The Morgan fingerprint density at radius 2 is 2.40 bits per heavy atom. The number of H-pyrrole nitrogens is 1. The molecule has 0 saturated carbocycles. The molecule has 0 aliphatic carbocycles. The van der Waals surface area contributed by atoms with Crippen molar-refractivity contribution in [2.24, 2.45) is 0 Å². The summed E-state index contributed by atoms with van der Waals surface area (Å²) in [7, 11) is -3.44. The van der Waals surface area contributed by atoms with Crippen molar-refractivity contribution in [3.8, 4) is 0 Å². The van der Waals surface area contributed by atoms with Gasteiger partial charge in [0.2, 0.25) is 0 Å². The van der Waals surface area contributed by atoms with Crippen LogP contribution in [0.15, 0.2) is 30.2 Å². The second-order valence-corrected chi connectivity index (χ2v) is 4.97. The normalized spacial score (nSPS) is 11.9. The zero-order valence-corrected chi connectivity index (χ0v) is 9.50. The van der Waals surface area contributed by atoms with Crippen LogP contribution in [0.4, 0.5) is 0 Å². The van der Waals surface area contributed by atoms with Crippen molar-refractivity contribution in [3.05, 3.63) is 25.2 Å². The summed E-state index contributed by atoms with van der Waals surface area (Å²) in [4.78, 5) is 6.30. The molecule has 0 amide bonds. The third-order valence-electron chi connectivity index (χ3n) is 1.90. The van der Waals surface area contributed by atoms with Crippen molar-refractivity contribution in [3.63, 3.8) is 0 Å². The Balaban J connectivity index is 2.96. The molecule has 1 heterocycles. The van der Waals surface area contributed by atoms with Crippen LogP contribution < -0.4 is 0 Å². The molecule has 5 nitrogen and oxygen atoms in total. The Morgan fingerprint density at radius 3 is 2.87 bits per heavy atom. The van der Waals surface area contributed by atoms with Crippen molar-refractivity contribution < 1.29 is 8.42 Å². The summed E-state index contributed by atoms with van der Waals surface area (Å²) < 4.78 is 25.3. The number of sulfonamides is 1. The Kier molecular flexibility index (Phi) is 4.05. The fourth-order valence-corrected chi connectivity index (χ4v) is 2.62. The van der Waals surface area contributed by atoms with Gasteiger partial charge in [0, 0.05) is 13.1 Å². The monoisotopic (exact) mass is 229 g/mol. The molecule has 6 heteroatoms. The van der Waals surface area contributed by atoms with Gasteiger partial charge in [0.05, 0.1) is 12.5 Å². The highest BCUT2D eigenvalue weighted by molar-refractivity contribution is 7.89. The first-order valence-corrected chi connectivity index (χ1v) is 6.16. The van der Waals surface area contributed by atoms with E-state index in [4.69, 9.17) is 0 Å². The van der Waals surface area contributed by atoms with Crippen LogP contribution >= 0.6 is 0 Å². The van der Waals surface area contributed by atoms with E-state index >= 15 is 0 Å². The smallest absolute Gasteiger partial charge is 0.260 e. The molecular formula is C9H15N3O2S. The summed E-state index contributed by atoms with van der Waals surface area (Å²) >= 11 is 0. The highest BCUT2D eigenvalue weighted by Gasteiger charge is 2.23. The van der Waals surface area contributed by atoms with E-state index in [1.807, 2.05) is 6.92 Å². The standard InChI is InChI=1S/C9H15N3O2S/c1-3-5-12(6-4-2)15(13,14)9-7-10-8-11-9/h3,7-8H,1,4-6H2,2H3,(H,10,11). The lowest BCUT2D eigenvalue weighted by Crippen LogP contribution is -2.32. The quantitative estimate of drug-likeness (QED) is 0.740. The number of imidazole rings is 1. The summed E-state index contributed by atoms with van der Waals surface area (Å²) in [6.45, 7) is 6.27. The van der Waals surface area contributed by atoms with Crippen LogP contribution in [0.2, 0.25) is 0 Å². The van der Waals surface area contributed by atoms with Crippen LogP contribution in [0, 0.1) is 0 Å². The Bertz CT molecular complexity index is 397. The predicted molar refractivity (Wildman–Crippen MR) is 57.8 cm³/mol. The van der Waals surface area contributed by atoms with Crippen LogP contribution in [0.5, 0.6) is 0 Å². The van der Waals surface area contributed by atoms with Gasteiger partial charge in [-0.1, -0.05) is 13.0 Å². The third kappa shape index (κ3) is 2.66. The first-order valence-electron chi connectivity index (χ1n) is 4.72. The third-order valence-corrected chi connectivity index (χ3v) is 3.69. The van der Waals surface area contributed by atoms with Gasteiger partial charge in [0.1, 0.15) is 0 Å². The molecule has 0 aliphatic heterocycles. The molecule has 1 rings (SSSR count). The number of aromatic nitrogens is 2. The number of hydrogen-bond donors (Lipinski definition) is 1. The lowest BCUT2D eigenvalue weighted by atomic mass is 10.5. The molecule has 1 aromatic rings. The Hall–Kier alpha value is -1.14. The summed E-state index contributed by atoms with van der Waals surface area (Å²) in [6.07, 6.45) is 5.00. The summed E-state index contributed by atoms with van der Waals surface area (Å²) in [5, 5.41) is 0.123. The van der Waals surface area contributed by atoms with Gasteiger partial charge in [0.15, 0.2) is 5.03 Å². The number of aromatic amines is 1. The van der Waals surface area contributed by atoms with Crippen molar-refractivity contribution in [1.29, 1.82) is 0 Å². The molecule has 0 aliphatic rings. The maximum Gasteiger partial charge on any atom is 0.260 e. The molecule has 0 atom stereocenters. The Morgan fingerprint density at radius 1 is 1.67 bits per heavy atom. The minimum Gasteiger partial charge on any atom is -0.335 e. The van der Waals surface area contributed by atoms with Gasteiger partial charge in [0.25, 0.3) is 10.0 Å². The van der Waals surface area contributed by atoms with Crippen LogP contribution in [0.25, 0.3) is 0 Å². The zero-order valence-electron chi connectivity index (χ0n) is 8.68. The predicted octanol–water partition coefficient (Wildman–Crippen LogP) is 0.996. The minimum absolute atomic E-state index is 0.123. The van der Waals surface area contributed by atoms with E-state index in [1.54, 1.807) is 6.08 Å². The van der Waals surface area contributed by atoms with Crippen molar-refractivity contribution in [2.45, 2.75) is 18.4 Å². The molecule has 1 N–H and O–H groups in total. The summed E-state index contributed by atoms with van der Waals surface area (Å²) in [5.74, 6) is 0. The van der Waals surface area contributed by atoms with E-state index in [-0.39, 0.29) is 5.03 Å². The molecule has 0 bridgehead atoms. The SMILES string of the molecule is C=CCN(CCC)S(=O)(=O)c1cnc[nH]1. The van der Waals surface area contributed by atoms with Gasteiger partial charge >= 0.3 is 0 Å². The maximum atomic E-state index is 12.0. The van der Waals surface area contributed by atoms with E-state index in [0.29, 0.717) is 13.1 Å². The number of rotatable bonds is 6. The van der Waals surface area contributed by atoms with Crippen LogP contribution in [-0.4, -0.2) is 35.8 Å². The summed E-state index contributed by atoms with van der Waals surface area (Å²) in [6, 6.07) is 0. The van der Waals surface area contributed by atoms with Gasteiger partial charge in [-0.2, -0.15) is 4.31 Å². The molecule has 0 radical (unpaired) electrons. The average molecular weight is 229 g/mol. The first-order chi connectivity index (χ1) is 7.12. The van der Waals surface area contributed by atoms with E-state index < -0.39 is 10.0 Å². The van der Waals surface area contributed by atoms with Crippen molar-refractivity contribution >= 4 is 10.0 Å². The second-order valence-electron chi connectivity index (χ2n) is 3.07. The molecule has 0 unspecified atom stereocenters. The highest BCUT2D eigenvalue weighted by Crippen LogP contribution is 2.12. The molecule has 1 aromatic heterocycles. The van der Waals surface area contributed by atoms with E-state index in [0.717, 1.165) is 6.42 Å². The largest absolute Gasteiger partial charge is 0.335 e. The van der Waals surface area contributed by atoms with E-state index in [9.17, 15) is 8.42 Å². The molecule has 0 saturated heterocycles. The van der Waals surface area contributed by atoms with Gasteiger partial charge in [-0.3, -0.25) is 0 Å². The number of nitrogens with one attached hydrogen (secondary N) is 1. The molecule has 0 spiro atoms. The van der Waals surface area contributed by atoms with Gasteiger partial charge < -0.3 is 4.98 Å². The topological polar surface area (TPSA) is 66.1 Å². The van der Waals surface area contributed by atoms with E-state index in [2.05, 4.69) is 16.5 Å². The number of nitrogens with zero attached hydrogens (tertiary/aromatic N) is 2. The van der Waals surface area contributed by atoms with Crippen LogP contribution in [0.3, 0.4) is 0 Å². The average Bonchev–Trinajstić information content (AvgIpc) is 2.70. The lowest BCUT2D eigenvalue weighted by Gasteiger charge is -2.18. The molecule has 84 valence electrons. The van der Waals surface area contributed by atoms with Crippen molar-refractivity contribution in [2.75, 3.05) is 13.1 Å². The van der Waals surface area contributed by atoms with Gasteiger partial charge in [-0.25, -0.2) is 13.4 Å². The van der Waals surface area contributed by atoms with Crippen LogP contribution in [0.1, 0.15) is 13.3 Å². The van der Waals surface area contributed by atoms with Crippen LogP contribution in [-0.2, 0) is 10.0 Å². The van der Waals surface area contributed by atoms with Gasteiger partial charge in [-0.05, 0) is 6.42 Å². The highest BCUT2D eigenvalue weighted by atomic mass is 32.2. The molecule has 0 fully saturated rings. The maximum absolute atomic E-state index is 12.0. The lowest BCUT2D eigenvalue weighted by molar-refractivity contribution is 0.439. The minimum atomic E-state index is -3.44. The molecular weight excluding hydrogens is 214 g/mol. The van der Waals surface area contributed by atoms with E-state index in [1.165, 1.54) is 16.8 Å². The second kappa shape index (κ2) is 5.09. The van der Waals surface area contributed by atoms with Crippen molar-refractivity contribution in [1.82, 2.24) is 14.3 Å². The zero-order chi connectivity index (χ0) is 11.3. The fraction of sp³-hybridized carbons (Fsp3) is 0.444. The van der Waals surface area contributed by atoms with Gasteiger partial charge in [-0.15, -0.1) is 6.58 Å². The molecule has 15 heavy (non-hydrogen) atoms. The molecule has 0 aromatic carbocycles. The first kappa shape index (κ1) is 11.9. The fourth-order valence-electron chi connectivity index (χ4n) is 1.23.